The molecule has 0 fully saturated rings. The standard InChI is InChI=1S/C19H24N2O6/c1-11-15(12(2)27-20-11)10-25-16-8-7-14(9-17(16)24-6)19(23)26-13(3)18(22)21(4)5/h7-9,13H,10H2,1-6H3/t13-/m0/s1. The molecule has 1 aromatic carbocycles. The summed E-state index contributed by atoms with van der Waals surface area (Å²) in [7, 11) is 4.67. The summed E-state index contributed by atoms with van der Waals surface area (Å²) in [5, 5.41) is 3.88. The van der Waals surface area contributed by atoms with E-state index in [4.69, 9.17) is 18.7 Å². The average Bonchev–Trinajstić information content (AvgIpc) is 2.96. The number of ether oxygens (including phenoxy) is 3. The molecule has 0 N–H and O–H groups in total. The number of benzene rings is 1. The van der Waals surface area contributed by atoms with Crippen LogP contribution >= 0.6 is 0 Å². The van der Waals surface area contributed by atoms with Crippen LogP contribution in [0.1, 0.15) is 34.3 Å². The van der Waals surface area contributed by atoms with Gasteiger partial charge in [-0.1, -0.05) is 5.16 Å². The maximum absolute atomic E-state index is 12.3. The zero-order valence-electron chi connectivity index (χ0n) is 16.4. The Morgan fingerprint density at radius 2 is 1.93 bits per heavy atom. The Kier molecular flexibility index (Phi) is 6.44. The van der Waals surface area contributed by atoms with E-state index in [0.29, 0.717) is 17.3 Å². The second kappa shape index (κ2) is 8.57. The number of esters is 1. The smallest absolute Gasteiger partial charge is 0.339 e. The fraction of sp³-hybridized carbons (Fsp3) is 0.421. The van der Waals surface area contributed by atoms with E-state index in [0.717, 1.165) is 11.3 Å². The first-order chi connectivity index (χ1) is 12.7. The molecule has 0 aliphatic rings. The van der Waals surface area contributed by atoms with Crippen LogP contribution < -0.4 is 9.47 Å². The third kappa shape index (κ3) is 4.78. The van der Waals surface area contributed by atoms with Crippen molar-refractivity contribution in [2.24, 2.45) is 0 Å². The Labute approximate surface area is 158 Å². The molecule has 27 heavy (non-hydrogen) atoms. The maximum Gasteiger partial charge on any atom is 0.339 e. The molecule has 1 amide bonds. The first kappa shape index (κ1) is 20.3. The molecule has 0 aliphatic carbocycles. The lowest BCUT2D eigenvalue weighted by Gasteiger charge is -2.17. The van der Waals surface area contributed by atoms with Crippen molar-refractivity contribution in [1.82, 2.24) is 10.1 Å². The summed E-state index contributed by atoms with van der Waals surface area (Å²) < 4.78 is 21.4. The summed E-state index contributed by atoms with van der Waals surface area (Å²) >= 11 is 0. The lowest BCUT2D eigenvalue weighted by atomic mass is 10.2. The Morgan fingerprint density at radius 3 is 2.48 bits per heavy atom. The highest BCUT2D eigenvalue weighted by Gasteiger charge is 2.21. The molecule has 2 aromatic rings. The van der Waals surface area contributed by atoms with Crippen molar-refractivity contribution in [3.05, 3.63) is 40.8 Å². The molecule has 0 unspecified atom stereocenters. The summed E-state index contributed by atoms with van der Waals surface area (Å²) in [5.41, 5.74) is 1.87. The molecular weight excluding hydrogens is 352 g/mol. The Morgan fingerprint density at radius 1 is 1.22 bits per heavy atom. The minimum atomic E-state index is -0.881. The minimum Gasteiger partial charge on any atom is -0.493 e. The van der Waals surface area contributed by atoms with Gasteiger partial charge in [-0.15, -0.1) is 0 Å². The molecule has 0 saturated carbocycles. The zero-order valence-corrected chi connectivity index (χ0v) is 16.4. The largest absolute Gasteiger partial charge is 0.493 e. The number of rotatable bonds is 7. The Hall–Kier alpha value is -3.03. The van der Waals surface area contributed by atoms with Crippen LogP contribution in [-0.2, 0) is 16.1 Å². The van der Waals surface area contributed by atoms with Crippen LogP contribution in [0.2, 0.25) is 0 Å². The summed E-state index contributed by atoms with van der Waals surface area (Å²) in [5.74, 6) is 0.614. The van der Waals surface area contributed by atoms with Crippen LogP contribution in [0.4, 0.5) is 0 Å². The van der Waals surface area contributed by atoms with Gasteiger partial charge in [-0.25, -0.2) is 4.79 Å². The molecule has 8 nitrogen and oxygen atoms in total. The summed E-state index contributed by atoms with van der Waals surface area (Å²) in [6.45, 7) is 5.43. The van der Waals surface area contributed by atoms with Crippen molar-refractivity contribution >= 4 is 11.9 Å². The molecule has 1 aromatic heterocycles. The van der Waals surface area contributed by atoms with Crippen molar-refractivity contribution in [3.63, 3.8) is 0 Å². The predicted molar refractivity (Wildman–Crippen MR) is 96.9 cm³/mol. The fourth-order valence-electron chi connectivity index (χ4n) is 2.41. The van der Waals surface area contributed by atoms with Crippen molar-refractivity contribution in [1.29, 1.82) is 0 Å². The summed E-state index contributed by atoms with van der Waals surface area (Å²) in [6, 6.07) is 4.68. The first-order valence-electron chi connectivity index (χ1n) is 8.39. The molecule has 0 spiro atoms. The van der Waals surface area contributed by atoms with Gasteiger partial charge in [0.25, 0.3) is 5.91 Å². The summed E-state index contributed by atoms with van der Waals surface area (Å²) in [6.07, 6.45) is -0.881. The number of carbonyl (C=O) groups is 2. The van der Waals surface area contributed by atoms with Gasteiger partial charge in [-0.2, -0.15) is 0 Å². The van der Waals surface area contributed by atoms with E-state index in [1.807, 2.05) is 13.8 Å². The highest BCUT2D eigenvalue weighted by Crippen LogP contribution is 2.30. The van der Waals surface area contributed by atoms with E-state index in [2.05, 4.69) is 5.16 Å². The van der Waals surface area contributed by atoms with Crippen molar-refractivity contribution in [3.8, 4) is 11.5 Å². The predicted octanol–water partition coefficient (Wildman–Crippen LogP) is 2.51. The molecule has 1 atom stereocenters. The monoisotopic (exact) mass is 376 g/mol. The lowest BCUT2D eigenvalue weighted by Crippen LogP contribution is -2.34. The number of aromatic nitrogens is 1. The lowest BCUT2D eigenvalue weighted by molar-refractivity contribution is -0.137. The molecule has 0 saturated heterocycles. The highest BCUT2D eigenvalue weighted by molar-refractivity contribution is 5.92. The van der Waals surface area contributed by atoms with Gasteiger partial charge < -0.3 is 23.6 Å². The second-order valence-electron chi connectivity index (χ2n) is 6.24. The Balaban J connectivity index is 2.11. The van der Waals surface area contributed by atoms with E-state index in [1.54, 1.807) is 26.2 Å². The van der Waals surface area contributed by atoms with Crippen LogP contribution in [0.3, 0.4) is 0 Å². The number of amides is 1. The van der Waals surface area contributed by atoms with Gasteiger partial charge >= 0.3 is 5.97 Å². The molecule has 0 bridgehead atoms. The zero-order chi connectivity index (χ0) is 20.1. The number of carbonyl (C=O) groups excluding carboxylic acids is 2. The quantitative estimate of drug-likeness (QED) is 0.686. The van der Waals surface area contributed by atoms with Gasteiger partial charge in [-0.3, -0.25) is 4.79 Å². The Bertz CT molecular complexity index is 808. The van der Waals surface area contributed by atoms with Crippen molar-refractivity contribution in [2.75, 3.05) is 21.2 Å². The van der Waals surface area contributed by atoms with Crippen molar-refractivity contribution in [2.45, 2.75) is 33.5 Å². The minimum absolute atomic E-state index is 0.259. The van der Waals surface area contributed by atoms with E-state index < -0.39 is 12.1 Å². The number of likely N-dealkylation sites (N-methyl/N-ethyl adjacent to an activating group) is 1. The van der Waals surface area contributed by atoms with Gasteiger partial charge in [0, 0.05) is 14.1 Å². The van der Waals surface area contributed by atoms with E-state index >= 15 is 0 Å². The normalized spacial score (nSPS) is 11.6. The highest BCUT2D eigenvalue weighted by atomic mass is 16.5. The average molecular weight is 376 g/mol. The van der Waals surface area contributed by atoms with E-state index in [9.17, 15) is 9.59 Å². The van der Waals surface area contributed by atoms with Crippen LogP contribution in [0.25, 0.3) is 0 Å². The van der Waals surface area contributed by atoms with Crippen LogP contribution in [0, 0.1) is 13.8 Å². The molecule has 8 heteroatoms. The van der Waals surface area contributed by atoms with Crippen molar-refractivity contribution < 1.29 is 28.3 Å². The molecule has 0 aliphatic heterocycles. The van der Waals surface area contributed by atoms with Crippen LogP contribution in [-0.4, -0.2) is 49.2 Å². The molecule has 2 rings (SSSR count). The molecular formula is C19H24N2O6. The van der Waals surface area contributed by atoms with Crippen LogP contribution in [0.15, 0.2) is 22.7 Å². The maximum atomic E-state index is 12.3. The number of hydrogen-bond donors (Lipinski definition) is 0. The fourth-order valence-corrected chi connectivity index (χ4v) is 2.41. The number of hydrogen-bond acceptors (Lipinski definition) is 7. The first-order valence-corrected chi connectivity index (χ1v) is 8.39. The second-order valence-corrected chi connectivity index (χ2v) is 6.24. The number of nitrogens with zero attached hydrogens (tertiary/aromatic N) is 2. The molecule has 1 heterocycles. The SMILES string of the molecule is COc1cc(C(=O)O[C@@H](C)C(=O)N(C)C)ccc1OCc1c(C)noc1C. The van der Waals surface area contributed by atoms with Gasteiger partial charge in [0.2, 0.25) is 0 Å². The number of aryl methyl sites for hydroxylation is 2. The van der Waals surface area contributed by atoms with Gasteiger partial charge in [0.15, 0.2) is 17.6 Å². The number of methoxy groups -OCH3 is 1. The van der Waals surface area contributed by atoms with Gasteiger partial charge in [-0.05, 0) is 39.0 Å². The van der Waals surface area contributed by atoms with E-state index in [1.165, 1.54) is 25.0 Å². The van der Waals surface area contributed by atoms with Crippen LogP contribution in [0.5, 0.6) is 11.5 Å². The van der Waals surface area contributed by atoms with E-state index in [-0.39, 0.29) is 18.1 Å². The molecule has 0 radical (unpaired) electrons. The topological polar surface area (TPSA) is 91.1 Å². The summed E-state index contributed by atoms with van der Waals surface area (Å²) in [4.78, 5) is 25.5. The molecule has 146 valence electrons. The third-order valence-corrected chi connectivity index (χ3v) is 4.02. The third-order valence-electron chi connectivity index (χ3n) is 4.02. The van der Waals surface area contributed by atoms with Gasteiger partial charge in [0.05, 0.1) is 23.9 Å². The van der Waals surface area contributed by atoms with Gasteiger partial charge in [0.1, 0.15) is 12.4 Å².